The average molecular weight is 534 g/mol. The predicted molar refractivity (Wildman–Crippen MR) is 151 cm³/mol. The number of nitrogens with zero attached hydrogens (tertiary/aromatic N) is 1. The summed E-state index contributed by atoms with van der Waals surface area (Å²) >= 11 is 7.83. The molecule has 190 valence electrons. The number of carboxylic acid groups (broad SMARTS) is 1. The molecule has 0 bridgehead atoms. The molecule has 1 aliphatic rings. The topological polar surface area (TPSA) is 70.0 Å². The van der Waals surface area contributed by atoms with Gasteiger partial charge >= 0.3 is 5.97 Å². The number of carbonyl (C=O) groups is 1. The second-order valence-electron chi connectivity index (χ2n) is 9.44. The van der Waals surface area contributed by atoms with Gasteiger partial charge in [-0.3, -0.25) is 0 Å². The Kier molecular flexibility index (Phi) is 7.22. The zero-order valence-electron chi connectivity index (χ0n) is 20.7. The Labute approximate surface area is 225 Å². The van der Waals surface area contributed by atoms with Gasteiger partial charge in [-0.05, 0) is 92.2 Å². The number of benzene rings is 4. The molecule has 0 aromatic heterocycles. The number of hydrogen-bond donors (Lipinski definition) is 2. The van der Waals surface area contributed by atoms with E-state index < -0.39 is 5.97 Å². The van der Waals surface area contributed by atoms with Crippen molar-refractivity contribution in [3.05, 3.63) is 88.4 Å². The number of carboxylic acids is 1. The van der Waals surface area contributed by atoms with Crippen LogP contribution >= 0.6 is 23.5 Å². The summed E-state index contributed by atoms with van der Waals surface area (Å²) in [5.74, 6) is 0.121. The Morgan fingerprint density at radius 3 is 2.19 bits per heavy atom. The predicted octanol–water partition coefficient (Wildman–Crippen LogP) is 8.76. The van der Waals surface area contributed by atoms with Crippen molar-refractivity contribution in [1.82, 2.24) is 0 Å². The fourth-order valence-corrected chi connectivity index (χ4v) is 6.27. The zero-order valence-corrected chi connectivity index (χ0v) is 22.3. The van der Waals surface area contributed by atoms with Gasteiger partial charge in [0.2, 0.25) is 0 Å². The Morgan fingerprint density at radius 2 is 1.57 bits per heavy atom. The van der Waals surface area contributed by atoms with E-state index in [9.17, 15) is 15.0 Å². The highest BCUT2D eigenvalue weighted by atomic mass is 35.5. The summed E-state index contributed by atoms with van der Waals surface area (Å²) < 4.78 is 8.39. The van der Waals surface area contributed by atoms with Crippen LogP contribution in [0.3, 0.4) is 0 Å². The number of halogens is 1. The number of anilines is 1. The van der Waals surface area contributed by atoms with E-state index in [0.717, 1.165) is 69.3 Å². The second kappa shape index (κ2) is 10.6. The Hall–Kier alpha value is -3.35. The first-order valence-electron chi connectivity index (χ1n) is 12.3. The number of hydrogen-bond acceptors (Lipinski definition) is 5. The average Bonchev–Trinajstić information content (AvgIpc) is 3.42. The van der Waals surface area contributed by atoms with Crippen LogP contribution in [0.25, 0.3) is 10.8 Å². The van der Waals surface area contributed by atoms with Crippen molar-refractivity contribution in [3.8, 4) is 17.2 Å². The van der Waals surface area contributed by atoms with Crippen LogP contribution in [-0.2, 0) is 0 Å². The van der Waals surface area contributed by atoms with Gasteiger partial charge in [0.1, 0.15) is 22.8 Å². The van der Waals surface area contributed by atoms with E-state index in [-0.39, 0.29) is 11.3 Å². The summed E-state index contributed by atoms with van der Waals surface area (Å²) in [5.41, 5.74) is 2.87. The highest BCUT2D eigenvalue weighted by molar-refractivity contribution is 8.01. The van der Waals surface area contributed by atoms with Gasteiger partial charge in [-0.15, -0.1) is 0 Å². The van der Waals surface area contributed by atoms with Gasteiger partial charge in [-0.1, -0.05) is 48.7 Å². The summed E-state index contributed by atoms with van der Waals surface area (Å²) in [6.07, 6.45) is 4.45. The molecule has 0 amide bonds. The molecule has 2 N–H and O–H groups in total. The lowest BCUT2D eigenvalue weighted by atomic mass is 10.1. The molecule has 1 fully saturated rings. The molecule has 37 heavy (non-hydrogen) atoms. The fourth-order valence-electron chi connectivity index (χ4n) is 4.91. The van der Waals surface area contributed by atoms with Gasteiger partial charge < -0.3 is 19.3 Å². The number of phenols is 1. The number of ether oxygens (including phenoxy) is 1. The standard InChI is InChI=1S/C30H28ClNO4S/c1-18-15-23(16-19(2)28(18)31)36-22-13-11-21(12-14-22)32(20-7-3-4-8-20)37-27-17-26(30(34)35)29(33)25-10-6-5-9-24(25)27/h5-6,9-17,20,33H,3-4,7-8H2,1-2H3,(H,34,35). The minimum Gasteiger partial charge on any atom is -0.506 e. The van der Waals surface area contributed by atoms with Gasteiger partial charge in [0.25, 0.3) is 0 Å². The third-order valence-corrected chi connectivity index (χ3v) is 8.63. The van der Waals surface area contributed by atoms with E-state index in [1.54, 1.807) is 18.2 Å². The molecule has 0 aliphatic heterocycles. The molecule has 5 rings (SSSR count). The fraction of sp³-hybridized carbons (Fsp3) is 0.233. The van der Waals surface area contributed by atoms with Crippen LogP contribution in [0, 0.1) is 13.8 Å². The quantitative estimate of drug-likeness (QED) is 0.231. The van der Waals surface area contributed by atoms with Crippen molar-refractivity contribution in [3.63, 3.8) is 0 Å². The van der Waals surface area contributed by atoms with E-state index in [4.69, 9.17) is 16.3 Å². The molecule has 7 heteroatoms. The second-order valence-corrected chi connectivity index (χ2v) is 10.8. The third kappa shape index (κ3) is 5.22. The van der Waals surface area contributed by atoms with Crippen molar-refractivity contribution in [1.29, 1.82) is 0 Å². The monoisotopic (exact) mass is 533 g/mol. The first-order chi connectivity index (χ1) is 17.8. The molecule has 0 atom stereocenters. The molecule has 0 spiro atoms. The van der Waals surface area contributed by atoms with Gasteiger partial charge in [-0.25, -0.2) is 4.79 Å². The van der Waals surface area contributed by atoms with E-state index in [2.05, 4.69) is 4.31 Å². The van der Waals surface area contributed by atoms with Gasteiger partial charge in [-0.2, -0.15) is 0 Å². The molecule has 4 aromatic rings. The zero-order chi connectivity index (χ0) is 26.1. The van der Waals surface area contributed by atoms with Gasteiger partial charge in [0, 0.05) is 32.4 Å². The third-order valence-electron chi connectivity index (χ3n) is 6.80. The van der Waals surface area contributed by atoms with E-state index in [0.29, 0.717) is 11.4 Å². The SMILES string of the molecule is Cc1cc(Oc2ccc(N(Sc3cc(C(=O)O)c(O)c4ccccc34)C3CCCC3)cc2)cc(C)c1Cl. The van der Waals surface area contributed by atoms with Crippen molar-refractivity contribution in [2.45, 2.75) is 50.5 Å². The molecule has 0 radical (unpaired) electrons. The maximum Gasteiger partial charge on any atom is 0.339 e. The lowest BCUT2D eigenvalue weighted by Gasteiger charge is -2.30. The lowest BCUT2D eigenvalue weighted by Crippen LogP contribution is -2.26. The molecule has 0 saturated heterocycles. The molecular weight excluding hydrogens is 506 g/mol. The van der Waals surface area contributed by atoms with Crippen LogP contribution in [0.5, 0.6) is 17.2 Å². The molecule has 4 aromatic carbocycles. The van der Waals surface area contributed by atoms with E-state index >= 15 is 0 Å². The van der Waals surface area contributed by atoms with Gasteiger partial charge in [0.05, 0.1) is 0 Å². The minimum atomic E-state index is -1.15. The van der Waals surface area contributed by atoms with Crippen LogP contribution in [0.4, 0.5) is 5.69 Å². The van der Waals surface area contributed by atoms with Crippen LogP contribution in [-0.4, -0.2) is 22.2 Å². The summed E-state index contributed by atoms with van der Waals surface area (Å²) in [6.45, 7) is 3.93. The highest BCUT2D eigenvalue weighted by Crippen LogP contribution is 2.43. The number of aromatic carboxylic acids is 1. The van der Waals surface area contributed by atoms with Crippen molar-refractivity contribution in [2.75, 3.05) is 4.31 Å². The summed E-state index contributed by atoms with van der Waals surface area (Å²) in [7, 11) is 0. The van der Waals surface area contributed by atoms with Gasteiger partial charge in [0.15, 0.2) is 0 Å². The Bertz CT molecular complexity index is 1440. The molecule has 1 aliphatic carbocycles. The van der Waals surface area contributed by atoms with Crippen LogP contribution < -0.4 is 9.04 Å². The Balaban J connectivity index is 1.48. The summed E-state index contributed by atoms with van der Waals surface area (Å²) in [6, 6.07) is 21.1. The van der Waals surface area contributed by atoms with Crippen LogP contribution in [0.2, 0.25) is 5.02 Å². The molecule has 5 nitrogen and oxygen atoms in total. The molecule has 1 saturated carbocycles. The number of aromatic hydroxyl groups is 1. The number of aryl methyl sites for hydroxylation is 2. The normalized spacial score (nSPS) is 13.7. The summed E-state index contributed by atoms with van der Waals surface area (Å²) in [4.78, 5) is 12.7. The maximum absolute atomic E-state index is 11.9. The van der Waals surface area contributed by atoms with Crippen LogP contribution in [0.1, 0.15) is 47.2 Å². The largest absolute Gasteiger partial charge is 0.506 e. The van der Waals surface area contributed by atoms with Crippen molar-refractivity contribution >= 4 is 46.0 Å². The first-order valence-corrected chi connectivity index (χ1v) is 13.5. The number of rotatable bonds is 7. The Morgan fingerprint density at radius 1 is 0.946 bits per heavy atom. The van der Waals surface area contributed by atoms with Crippen molar-refractivity contribution in [2.24, 2.45) is 0 Å². The van der Waals surface area contributed by atoms with E-state index in [1.807, 2.05) is 62.4 Å². The van der Waals surface area contributed by atoms with Crippen molar-refractivity contribution < 1.29 is 19.7 Å². The maximum atomic E-state index is 11.9. The molecule has 0 heterocycles. The molecular formula is C30H28ClNO4S. The van der Waals surface area contributed by atoms with Crippen LogP contribution in [0.15, 0.2) is 71.6 Å². The first kappa shape index (κ1) is 25.3. The van der Waals surface area contributed by atoms with E-state index in [1.165, 1.54) is 11.9 Å². The minimum absolute atomic E-state index is 0.0927. The molecule has 0 unspecified atom stereocenters. The summed E-state index contributed by atoms with van der Waals surface area (Å²) in [5, 5.41) is 22.4. The number of fused-ring (bicyclic) bond motifs is 1. The lowest BCUT2D eigenvalue weighted by molar-refractivity contribution is 0.0693. The highest BCUT2D eigenvalue weighted by Gasteiger charge is 2.26. The smallest absolute Gasteiger partial charge is 0.339 e.